The Morgan fingerprint density at radius 2 is 2.00 bits per heavy atom. The van der Waals surface area contributed by atoms with Crippen molar-refractivity contribution in [2.75, 3.05) is 0 Å². The Bertz CT molecular complexity index is 774. The fraction of sp³-hybridized carbons (Fsp3) is 0.0625. The van der Waals surface area contributed by atoms with Crippen LogP contribution in [0.1, 0.15) is 10.4 Å². The van der Waals surface area contributed by atoms with Crippen LogP contribution >= 0.6 is 0 Å². The molecule has 0 saturated heterocycles. The van der Waals surface area contributed by atoms with Gasteiger partial charge in [-0.3, -0.25) is 4.79 Å². The van der Waals surface area contributed by atoms with Crippen molar-refractivity contribution in [2.24, 2.45) is 7.05 Å². The highest BCUT2D eigenvalue weighted by Crippen LogP contribution is 2.30. The molecule has 0 radical (unpaired) electrons. The van der Waals surface area contributed by atoms with E-state index in [2.05, 4.69) is 0 Å². The maximum atomic E-state index is 13.3. The predicted molar refractivity (Wildman–Crippen MR) is 73.7 cm³/mol. The predicted octanol–water partition coefficient (Wildman–Crippen LogP) is 3.80. The number of nitrogens with zero attached hydrogens (tertiary/aromatic N) is 1. The molecule has 1 heterocycles. The number of rotatable bonds is 2. The van der Waals surface area contributed by atoms with E-state index in [4.69, 9.17) is 0 Å². The number of hydrogen-bond donors (Lipinski definition) is 0. The Morgan fingerprint density at radius 3 is 2.74 bits per heavy atom. The van der Waals surface area contributed by atoms with Gasteiger partial charge in [-0.25, -0.2) is 4.39 Å². The lowest BCUT2D eigenvalue weighted by Crippen LogP contribution is -1.85. The number of fused-ring (bicyclic) bond motifs is 1. The fourth-order valence-corrected chi connectivity index (χ4v) is 2.36. The minimum Gasteiger partial charge on any atom is -0.350 e. The van der Waals surface area contributed by atoms with E-state index in [1.807, 2.05) is 36.0 Å². The maximum Gasteiger partial charge on any atom is 0.150 e. The van der Waals surface area contributed by atoms with Gasteiger partial charge in [0.1, 0.15) is 12.1 Å². The topological polar surface area (TPSA) is 22.0 Å². The van der Waals surface area contributed by atoms with Gasteiger partial charge in [0, 0.05) is 35.3 Å². The van der Waals surface area contributed by atoms with E-state index in [-0.39, 0.29) is 5.82 Å². The van der Waals surface area contributed by atoms with Crippen LogP contribution in [0, 0.1) is 5.82 Å². The standard InChI is InChI=1S/C16H12FNO/c1-18-9-15(12-3-2-4-13(17)8-12)14-6-5-11(10-19)7-16(14)18/h2-10H,1H3. The van der Waals surface area contributed by atoms with Gasteiger partial charge in [0.25, 0.3) is 0 Å². The van der Waals surface area contributed by atoms with E-state index >= 15 is 0 Å². The highest BCUT2D eigenvalue weighted by molar-refractivity contribution is 5.98. The van der Waals surface area contributed by atoms with Gasteiger partial charge in [-0.1, -0.05) is 24.3 Å². The Balaban J connectivity index is 2.28. The summed E-state index contributed by atoms with van der Waals surface area (Å²) >= 11 is 0. The average Bonchev–Trinajstić information content (AvgIpc) is 2.76. The Morgan fingerprint density at radius 1 is 1.16 bits per heavy atom. The molecule has 0 atom stereocenters. The zero-order valence-corrected chi connectivity index (χ0v) is 10.4. The molecule has 0 aliphatic carbocycles. The summed E-state index contributed by atoms with van der Waals surface area (Å²) in [6, 6.07) is 12.0. The van der Waals surface area contributed by atoms with Gasteiger partial charge in [-0.2, -0.15) is 0 Å². The summed E-state index contributed by atoms with van der Waals surface area (Å²) < 4.78 is 15.3. The monoisotopic (exact) mass is 253 g/mol. The number of halogens is 1. The lowest BCUT2D eigenvalue weighted by Gasteiger charge is -2.00. The molecule has 19 heavy (non-hydrogen) atoms. The van der Waals surface area contributed by atoms with Crippen molar-refractivity contribution in [1.82, 2.24) is 4.57 Å². The zero-order valence-electron chi connectivity index (χ0n) is 10.4. The first kappa shape index (κ1) is 11.7. The average molecular weight is 253 g/mol. The quantitative estimate of drug-likeness (QED) is 0.637. The van der Waals surface area contributed by atoms with Crippen molar-refractivity contribution < 1.29 is 9.18 Å². The maximum absolute atomic E-state index is 13.3. The van der Waals surface area contributed by atoms with Gasteiger partial charge in [0.15, 0.2) is 0 Å². The van der Waals surface area contributed by atoms with Gasteiger partial charge in [-0.15, -0.1) is 0 Å². The Kier molecular flexibility index (Phi) is 2.67. The van der Waals surface area contributed by atoms with Crippen LogP contribution in [0.4, 0.5) is 4.39 Å². The van der Waals surface area contributed by atoms with E-state index < -0.39 is 0 Å². The molecule has 3 rings (SSSR count). The van der Waals surface area contributed by atoms with Crippen LogP contribution in [0.15, 0.2) is 48.7 Å². The number of carbonyl (C=O) groups excluding carboxylic acids is 1. The summed E-state index contributed by atoms with van der Waals surface area (Å²) in [4.78, 5) is 10.8. The van der Waals surface area contributed by atoms with Crippen molar-refractivity contribution in [3.8, 4) is 11.1 Å². The molecule has 0 aliphatic heterocycles. The highest BCUT2D eigenvalue weighted by atomic mass is 19.1. The molecule has 0 spiro atoms. The van der Waals surface area contributed by atoms with E-state index in [0.717, 1.165) is 28.3 Å². The second-order valence-corrected chi connectivity index (χ2v) is 4.56. The second kappa shape index (κ2) is 4.35. The summed E-state index contributed by atoms with van der Waals surface area (Å²) in [7, 11) is 1.92. The summed E-state index contributed by atoms with van der Waals surface area (Å²) in [5, 5.41) is 1.01. The molecule has 1 aromatic heterocycles. The summed E-state index contributed by atoms with van der Waals surface area (Å²) in [5.41, 5.74) is 3.40. The molecular weight excluding hydrogens is 241 g/mol. The van der Waals surface area contributed by atoms with Gasteiger partial charge in [0.05, 0.1) is 0 Å². The van der Waals surface area contributed by atoms with Crippen LogP contribution in [0.2, 0.25) is 0 Å². The van der Waals surface area contributed by atoms with Crippen LogP contribution in [0.25, 0.3) is 22.0 Å². The highest BCUT2D eigenvalue weighted by Gasteiger charge is 2.09. The summed E-state index contributed by atoms with van der Waals surface area (Å²) in [6.45, 7) is 0. The summed E-state index contributed by atoms with van der Waals surface area (Å²) in [6.07, 6.45) is 2.78. The fourth-order valence-electron chi connectivity index (χ4n) is 2.36. The molecule has 0 amide bonds. The minimum atomic E-state index is -0.251. The molecule has 3 heteroatoms. The van der Waals surface area contributed by atoms with Gasteiger partial charge in [0.2, 0.25) is 0 Å². The lowest BCUT2D eigenvalue weighted by atomic mass is 10.0. The number of carbonyl (C=O) groups is 1. The van der Waals surface area contributed by atoms with Crippen molar-refractivity contribution >= 4 is 17.2 Å². The SMILES string of the molecule is Cn1cc(-c2cccc(F)c2)c2ccc(C=O)cc21. The largest absolute Gasteiger partial charge is 0.350 e. The van der Waals surface area contributed by atoms with E-state index in [0.29, 0.717) is 5.56 Å². The number of aldehydes is 1. The van der Waals surface area contributed by atoms with Crippen LogP contribution in [-0.4, -0.2) is 10.9 Å². The van der Waals surface area contributed by atoms with Crippen LogP contribution in [0.3, 0.4) is 0 Å². The third-order valence-electron chi connectivity index (χ3n) is 3.29. The number of hydrogen-bond acceptors (Lipinski definition) is 1. The molecule has 2 nitrogen and oxygen atoms in total. The molecule has 0 aliphatic rings. The number of aryl methyl sites for hydroxylation is 1. The van der Waals surface area contributed by atoms with Crippen LogP contribution < -0.4 is 0 Å². The van der Waals surface area contributed by atoms with Crippen molar-refractivity contribution in [1.29, 1.82) is 0 Å². The molecule has 0 saturated carbocycles. The van der Waals surface area contributed by atoms with E-state index in [1.54, 1.807) is 12.1 Å². The molecule has 0 bridgehead atoms. The molecule has 0 unspecified atom stereocenters. The first-order valence-corrected chi connectivity index (χ1v) is 5.99. The van der Waals surface area contributed by atoms with Crippen LogP contribution in [-0.2, 0) is 7.05 Å². The molecule has 2 aromatic carbocycles. The van der Waals surface area contributed by atoms with Crippen LogP contribution in [0.5, 0.6) is 0 Å². The normalized spacial score (nSPS) is 10.8. The first-order chi connectivity index (χ1) is 9.19. The summed E-state index contributed by atoms with van der Waals surface area (Å²) in [5.74, 6) is -0.251. The second-order valence-electron chi connectivity index (χ2n) is 4.56. The van der Waals surface area contributed by atoms with Crippen molar-refractivity contribution in [3.05, 3.63) is 60.0 Å². The molecule has 94 valence electrons. The van der Waals surface area contributed by atoms with Crippen molar-refractivity contribution in [3.63, 3.8) is 0 Å². The molecule has 0 fully saturated rings. The third kappa shape index (κ3) is 1.93. The molecule has 0 N–H and O–H groups in total. The van der Waals surface area contributed by atoms with E-state index in [9.17, 15) is 9.18 Å². The van der Waals surface area contributed by atoms with Gasteiger partial charge >= 0.3 is 0 Å². The lowest BCUT2D eigenvalue weighted by molar-refractivity contribution is 0.112. The molecule has 3 aromatic rings. The smallest absolute Gasteiger partial charge is 0.150 e. The number of aromatic nitrogens is 1. The van der Waals surface area contributed by atoms with Crippen molar-refractivity contribution in [2.45, 2.75) is 0 Å². The Labute approximate surface area is 110 Å². The Hall–Kier alpha value is -2.42. The number of benzene rings is 2. The third-order valence-corrected chi connectivity index (χ3v) is 3.29. The molecular formula is C16H12FNO. The van der Waals surface area contributed by atoms with Gasteiger partial charge < -0.3 is 4.57 Å². The van der Waals surface area contributed by atoms with Gasteiger partial charge in [-0.05, 0) is 23.8 Å². The van der Waals surface area contributed by atoms with E-state index in [1.165, 1.54) is 12.1 Å². The first-order valence-electron chi connectivity index (χ1n) is 5.99. The minimum absolute atomic E-state index is 0.251. The zero-order chi connectivity index (χ0) is 13.4.